The predicted octanol–water partition coefficient (Wildman–Crippen LogP) is 4.94. The molecular formula is C31H30N8OS2. The van der Waals surface area contributed by atoms with E-state index in [1.807, 2.05) is 25.1 Å². The van der Waals surface area contributed by atoms with Gasteiger partial charge in [-0.2, -0.15) is 4.98 Å². The normalized spacial score (nSPS) is 15.3. The molecule has 42 heavy (non-hydrogen) atoms. The molecule has 0 saturated carbocycles. The van der Waals surface area contributed by atoms with Crippen molar-refractivity contribution in [2.24, 2.45) is 0 Å². The minimum absolute atomic E-state index is 0.249. The molecule has 0 radical (unpaired) electrons. The van der Waals surface area contributed by atoms with Crippen molar-refractivity contribution in [1.82, 2.24) is 29.4 Å². The minimum Gasteiger partial charge on any atom is -0.381 e. The van der Waals surface area contributed by atoms with Gasteiger partial charge in [-0.05, 0) is 81.2 Å². The van der Waals surface area contributed by atoms with E-state index in [2.05, 4.69) is 74.1 Å². The Kier molecular flexibility index (Phi) is 8.19. The first-order chi connectivity index (χ1) is 20.4. The van der Waals surface area contributed by atoms with E-state index in [9.17, 15) is 4.79 Å². The summed E-state index contributed by atoms with van der Waals surface area (Å²) >= 11 is 6.07. The summed E-state index contributed by atoms with van der Waals surface area (Å²) in [6, 6.07) is 12.1. The maximum Gasteiger partial charge on any atom is 0.268 e. The molecule has 1 aromatic carbocycles. The maximum absolute atomic E-state index is 13.7. The third kappa shape index (κ3) is 6.31. The number of hydrogen-bond acceptors (Lipinski definition) is 10. The highest BCUT2D eigenvalue weighted by Gasteiger charge is 2.17. The number of nitrogens with one attached hydrogen (secondary N) is 2. The van der Waals surface area contributed by atoms with E-state index >= 15 is 0 Å². The van der Waals surface area contributed by atoms with Crippen LogP contribution in [0.15, 0.2) is 70.2 Å². The molecular weight excluding hydrogens is 565 g/mol. The number of aryl methyl sites for hydroxylation is 1. The Morgan fingerprint density at radius 3 is 2.71 bits per heavy atom. The number of hydrogen-bond donors (Lipinski definition) is 3. The third-order valence-electron chi connectivity index (χ3n) is 7.24. The van der Waals surface area contributed by atoms with Crippen molar-refractivity contribution in [2.75, 3.05) is 30.8 Å². The van der Waals surface area contributed by atoms with Gasteiger partial charge in [0.05, 0.1) is 17.6 Å². The van der Waals surface area contributed by atoms with E-state index in [-0.39, 0.29) is 12.1 Å². The fourth-order valence-electron chi connectivity index (χ4n) is 5.02. The van der Waals surface area contributed by atoms with Crippen LogP contribution in [0.4, 0.5) is 17.3 Å². The Morgan fingerprint density at radius 2 is 1.95 bits per heavy atom. The fraction of sp³-hybridized carbons (Fsp3) is 0.258. The first kappa shape index (κ1) is 27.9. The Labute approximate surface area is 253 Å². The maximum atomic E-state index is 13.7. The number of pyridine rings is 2. The van der Waals surface area contributed by atoms with Crippen molar-refractivity contribution in [3.05, 3.63) is 92.6 Å². The van der Waals surface area contributed by atoms with Crippen LogP contribution in [0.25, 0.3) is 11.0 Å². The molecule has 11 heteroatoms. The molecule has 2 N–H and O–H groups in total. The number of thiol groups is 1. The van der Waals surface area contributed by atoms with Crippen LogP contribution in [0.3, 0.4) is 0 Å². The highest BCUT2D eigenvalue weighted by Crippen LogP contribution is 2.22. The zero-order valence-corrected chi connectivity index (χ0v) is 25.0. The molecule has 0 bridgehead atoms. The number of aromatic nitrogens is 5. The van der Waals surface area contributed by atoms with Gasteiger partial charge in [-0.15, -0.1) is 24.0 Å². The number of thiazole rings is 1. The van der Waals surface area contributed by atoms with Gasteiger partial charge in [0.25, 0.3) is 5.56 Å². The first-order valence-corrected chi connectivity index (χ1v) is 15.0. The lowest BCUT2D eigenvalue weighted by molar-refractivity contribution is 0.261. The van der Waals surface area contributed by atoms with Gasteiger partial charge < -0.3 is 15.5 Å². The number of nitrogens with zero attached hydrogens (tertiary/aromatic N) is 6. The standard InChI is InChI=1S/C31H30N8OS2/c1-20-27(34-19-42-20)10-5-21-14-23-15-33-31(37-29(23)39(30(21)40)17-22-11-12-32-16-28(22)41)36-25-8-6-24(7-9-25)35-26-4-3-13-38(2)18-26/h6-9,11-12,14-16,19,26,35,41H,3-4,13,17-18H2,1-2H3,(H,33,36,37). The quantitative estimate of drug-likeness (QED) is 0.188. The molecule has 5 heterocycles. The van der Waals surface area contributed by atoms with Crippen molar-refractivity contribution >= 4 is 52.3 Å². The zero-order valence-electron chi connectivity index (χ0n) is 23.3. The van der Waals surface area contributed by atoms with E-state index in [1.54, 1.807) is 34.7 Å². The van der Waals surface area contributed by atoms with Gasteiger partial charge in [0.1, 0.15) is 11.3 Å². The summed E-state index contributed by atoms with van der Waals surface area (Å²) in [6.07, 6.45) is 7.43. The molecule has 1 fully saturated rings. The van der Waals surface area contributed by atoms with Crippen LogP contribution in [0, 0.1) is 18.8 Å². The molecule has 1 aliphatic heterocycles. The van der Waals surface area contributed by atoms with Gasteiger partial charge in [-0.3, -0.25) is 14.3 Å². The summed E-state index contributed by atoms with van der Waals surface area (Å²) in [5.74, 6) is 6.47. The Morgan fingerprint density at radius 1 is 1.12 bits per heavy atom. The van der Waals surface area contributed by atoms with Crippen LogP contribution in [0.5, 0.6) is 0 Å². The van der Waals surface area contributed by atoms with Gasteiger partial charge in [0.15, 0.2) is 0 Å². The van der Waals surface area contributed by atoms with Gasteiger partial charge in [0, 0.05) is 57.7 Å². The van der Waals surface area contributed by atoms with E-state index in [1.165, 1.54) is 24.2 Å². The van der Waals surface area contributed by atoms with E-state index in [0.29, 0.717) is 39.2 Å². The minimum atomic E-state index is -0.249. The number of rotatable bonds is 6. The van der Waals surface area contributed by atoms with Gasteiger partial charge in [0.2, 0.25) is 5.95 Å². The lowest BCUT2D eigenvalue weighted by atomic mass is 10.1. The van der Waals surface area contributed by atoms with Gasteiger partial charge in [-0.25, -0.2) is 9.97 Å². The van der Waals surface area contributed by atoms with Crippen LogP contribution in [0.2, 0.25) is 0 Å². The monoisotopic (exact) mass is 594 g/mol. The highest BCUT2D eigenvalue weighted by atomic mass is 32.1. The van der Waals surface area contributed by atoms with Crippen LogP contribution in [0.1, 0.15) is 34.5 Å². The van der Waals surface area contributed by atoms with Gasteiger partial charge >= 0.3 is 0 Å². The Hall–Kier alpha value is -4.24. The molecule has 5 aromatic rings. The topological polar surface area (TPSA) is 101 Å². The van der Waals surface area contributed by atoms with Crippen LogP contribution < -0.4 is 16.2 Å². The molecule has 4 aromatic heterocycles. The number of likely N-dealkylation sites (tertiary alicyclic amines) is 1. The summed E-state index contributed by atoms with van der Waals surface area (Å²) in [5, 5.41) is 7.62. The summed E-state index contributed by atoms with van der Waals surface area (Å²) in [5.41, 5.74) is 5.79. The SMILES string of the molecule is Cc1scnc1C#Cc1cc2cnc(Nc3ccc(NC4CCCN(C)C4)cc3)nc2n(Cc2ccncc2S)c1=O. The van der Waals surface area contributed by atoms with E-state index < -0.39 is 0 Å². The average Bonchev–Trinajstić information content (AvgIpc) is 3.40. The Balaban J connectivity index is 1.31. The smallest absolute Gasteiger partial charge is 0.268 e. The lowest BCUT2D eigenvalue weighted by Crippen LogP contribution is -2.39. The molecule has 0 amide bonds. The molecule has 0 spiro atoms. The second-order valence-electron chi connectivity index (χ2n) is 10.4. The molecule has 6 rings (SSSR count). The van der Waals surface area contributed by atoms with Crippen molar-refractivity contribution in [1.29, 1.82) is 0 Å². The van der Waals surface area contributed by atoms with Gasteiger partial charge in [-0.1, -0.05) is 5.92 Å². The second-order valence-corrected chi connectivity index (χ2v) is 11.9. The summed E-state index contributed by atoms with van der Waals surface area (Å²) < 4.78 is 1.61. The molecule has 0 aliphatic carbocycles. The second kappa shape index (κ2) is 12.3. The lowest BCUT2D eigenvalue weighted by Gasteiger charge is -2.30. The highest BCUT2D eigenvalue weighted by molar-refractivity contribution is 7.80. The van der Waals surface area contributed by atoms with Crippen LogP contribution in [-0.4, -0.2) is 55.6 Å². The molecule has 1 aliphatic rings. The van der Waals surface area contributed by atoms with Crippen molar-refractivity contribution in [2.45, 2.75) is 37.2 Å². The van der Waals surface area contributed by atoms with Crippen LogP contribution in [-0.2, 0) is 6.54 Å². The molecule has 1 unspecified atom stereocenters. The number of anilines is 3. The number of benzene rings is 1. The molecule has 1 atom stereocenters. The van der Waals surface area contributed by atoms with E-state index in [0.717, 1.165) is 34.9 Å². The first-order valence-electron chi connectivity index (χ1n) is 13.7. The summed E-state index contributed by atoms with van der Waals surface area (Å²) in [6.45, 7) is 4.41. The Bertz CT molecular complexity index is 1860. The van der Waals surface area contributed by atoms with Crippen molar-refractivity contribution in [3.63, 3.8) is 0 Å². The zero-order chi connectivity index (χ0) is 29.1. The third-order valence-corrected chi connectivity index (χ3v) is 8.40. The number of piperidine rings is 1. The largest absolute Gasteiger partial charge is 0.381 e. The van der Waals surface area contributed by atoms with Crippen molar-refractivity contribution in [3.8, 4) is 11.8 Å². The fourth-order valence-corrected chi connectivity index (χ4v) is 5.77. The summed E-state index contributed by atoms with van der Waals surface area (Å²) in [4.78, 5) is 35.5. The number of likely N-dealkylation sites (N-methyl/N-ethyl adjacent to an activating group) is 1. The average molecular weight is 595 g/mol. The van der Waals surface area contributed by atoms with E-state index in [4.69, 9.17) is 4.98 Å². The van der Waals surface area contributed by atoms with Crippen LogP contribution >= 0.6 is 24.0 Å². The number of fused-ring (bicyclic) bond motifs is 1. The van der Waals surface area contributed by atoms with Crippen molar-refractivity contribution < 1.29 is 0 Å². The molecule has 212 valence electrons. The molecule has 1 saturated heterocycles. The predicted molar refractivity (Wildman–Crippen MR) is 171 cm³/mol. The molecule has 9 nitrogen and oxygen atoms in total. The summed E-state index contributed by atoms with van der Waals surface area (Å²) in [7, 11) is 2.16.